The highest BCUT2D eigenvalue weighted by Crippen LogP contribution is 2.25. The fourth-order valence-corrected chi connectivity index (χ4v) is 2.49. The first-order valence-electron chi connectivity index (χ1n) is 7.87. The molecule has 2 rings (SSSR count). The lowest BCUT2D eigenvalue weighted by atomic mass is 9.95. The van der Waals surface area contributed by atoms with E-state index in [1.807, 2.05) is 24.3 Å². The van der Waals surface area contributed by atoms with Crippen LogP contribution in [0.3, 0.4) is 0 Å². The van der Waals surface area contributed by atoms with Gasteiger partial charge in [0.05, 0.1) is 19.8 Å². The molecule has 4 nitrogen and oxygen atoms in total. The van der Waals surface area contributed by atoms with Crippen LogP contribution in [0.5, 0.6) is 5.75 Å². The van der Waals surface area contributed by atoms with E-state index in [2.05, 4.69) is 12.2 Å². The SMILES string of the molecule is CC(CO)(CCCCOc1ccccc1CO)NC1CC1. The number of para-hydroxylation sites is 1. The minimum absolute atomic E-state index is 0.00403. The zero-order valence-corrected chi connectivity index (χ0v) is 12.8. The predicted molar refractivity (Wildman–Crippen MR) is 83.4 cm³/mol. The summed E-state index contributed by atoms with van der Waals surface area (Å²) in [6.45, 7) is 2.91. The molecule has 1 aliphatic carbocycles. The standard InChI is InChI=1S/C17H27NO3/c1-17(13-20,18-15-8-9-15)10-4-5-11-21-16-7-3-2-6-14(16)12-19/h2-3,6-7,15,18-20H,4-5,8-13H2,1H3. The van der Waals surface area contributed by atoms with Gasteiger partial charge in [0.2, 0.25) is 0 Å². The normalized spacial score (nSPS) is 17.5. The van der Waals surface area contributed by atoms with E-state index < -0.39 is 0 Å². The van der Waals surface area contributed by atoms with Crippen LogP contribution in [0, 0.1) is 0 Å². The summed E-state index contributed by atoms with van der Waals surface area (Å²) in [7, 11) is 0. The Morgan fingerprint density at radius 3 is 2.67 bits per heavy atom. The molecule has 3 N–H and O–H groups in total. The van der Waals surface area contributed by atoms with Crippen LogP contribution in [-0.4, -0.2) is 35.0 Å². The van der Waals surface area contributed by atoms with Gasteiger partial charge in [-0.05, 0) is 45.1 Å². The van der Waals surface area contributed by atoms with Gasteiger partial charge < -0.3 is 20.3 Å². The molecule has 1 aliphatic rings. The Kier molecular flexibility index (Phi) is 6.03. The summed E-state index contributed by atoms with van der Waals surface area (Å²) in [4.78, 5) is 0. The molecule has 0 aliphatic heterocycles. The second-order valence-electron chi connectivity index (χ2n) is 6.21. The molecule has 21 heavy (non-hydrogen) atoms. The fraction of sp³-hybridized carbons (Fsp3) is 0.647. The molecule has 1 aromatic carbocycles. The van der Waals surface area contributed by atoms with Gasteiger partial charge in [-0.15, -0.1) is 0 Å². The Hall–Kier alpha value is -1.10. The van der Waals surface area contributed by atoms with Crippen molar-refractivity contribution in [3.63, 3.8) is 0 Å². The maximum atomic E-state index is 9.54. The molecule has 1 unspecified atom stereocenters. The highest BCUT2D eigenvalue weighted by Gasteiger charge is 2.31. The predicted octanol–water partition coefficient (Wildman–Crippen LogP) is 2.23. The van der Waals surface area contributed by atoms with Gasteiger partial charge in [-0.25, -0.2) is 0 Å². The molecule has 0 bridgehead atoms. The first kappa shape index (κ1) is 16.3. The van der Waals surface area contributed by atoms with Gasteiger partial charge in [0.25, 0.3) is 0 Å². The van der Waals surface area contributed by atoms with Gasteiger partial charge in [-0.2, -0.15) is 0 Å². The van der Waals surface area contributed by atoms with E-state index in [1.165, 1.54) is 12.8 Å². The molecule has 118 valence electrons. The third kappa shape index (κ3) is 5.30. The summed E-state index contributed by atoms with van der Waals surface area (Å²) in [5.74, 6) is 0.765. The van der Waals surface area contributed by atoms with Crippen LogP contribution in [0.15, 0.2) is 24.3 Å². The smallest absolute Gasteiger partial charge is 0.124 e. The van der Waals surface area contributed by atoms with E-state index in [4.69, 9.17) is 4.74 Å². The van der Waals surface area contributed by atoms with Gasteiger partial charge in [0.15, 0.2) is 0 Å². The molecule has 0 heterocycles. The van der Waals surface area contributed by atoms with Crippen molar-refractivity contribution in [3.05, 3.63) is 29.8 Å². The van der Waals surface area contributed by atoms with E-state index in [9.17, 15) is 10.2 Å². The third-order valence-corrected chi connectivity index (χ3v) is 4.00. The van der Waals surface area contributed by atoms with Crippen molar-refractivity contribution < 1.29 is 14.9 Å². The first-order valence-corrected chi connectivity index (χ1v) is 7.87. The highest BCUT2D eigenvalue weighted by molar-refractivity contribution is 5.32. The maximum absolute atomic E-state index is 9.54. The topological polar surface area (TPSA) is 61.7 Å². The van der Waals surface area contributed by atoms with Gasteiger partial charge in [-0.3, -0.25) is 0 Å². The summed E-state index contributed by atoms with van der Waals surface area (Å²) in [5, 5.41) is 22.3. The van der Waals surface area contributed by atoms with Crippen molar-refractivity contribution in [2.45, 2.75) is 57.2 Å². The zero-order chi connectivity index (χ0) is 15.1. The quantitative estimate of drug-likeness (QED) is 0.579. The van der Waals surface area contributed by atoms with E-state index in [1.54, 1.807) is 0 Å². The summed E-state index contributed by atoms with van der Waals surface area (Å²) >= 11 is 0. The van der Waals surface area contributed by atoms with E-state index in [-0.39, 0.29) is 18.8 Å². The van der Waals surface area contributed by atoms with Crippen molar-refractivity contribution in [3.8, 4) is 5.75 Å². The van der Waals surface area contributed by atoms with E-state index in [0.29, 0.717) is 12.6 Å². The summed E-state index contributed by atoms with van der Waals surface area (Å²) in [5.41, 5.74) is 0.664. The van der Waals surface area contributed by atoms with E-state index in [0.717, 1.165) is 30.6 Å². The van der Waals surface area contributed by atoms with Crippen molar-refractivity contribution >= 4 is 0 Å². The molecule has 0 radical (unpaired) electrons. The molecule has 1 fully saturated rings. The van der Waals surface area contributed by atoms with Crippen molar-refractivity contribution in [2.24, 2.45) is 0 Å². The number of hydrogen-bond acceptors (Lipinski definition) is 4. The monoisotopic (exact) mass is 293 g/mol. The van der Waals surface area contributed by atoms with Crippen LogP contribution in [0.2, 0.25) is 0 Å². The Bertz CT molecular complexity index is 434. The summed E-state index contributed by atoms with van der Waals surface area (Å²) in [6, 6.07) is 8.18. The van der Waals surface area contributed by atoms with Crippen molar-refractivity contribution in [2.75, 3.05) is 13.2 Å². The molecular weight excluding hydrogens is 266 g/mol. The van der Waals surface area contributed by atoms with Gasteiger partial charge in [0, 0.05) is 17.1 Å². The Labute approximate surface area is 127 Å². The van der Waals surface area contributed by atoms with Crippen LogP contribution in [-0.2, 0) is 6.61 Å². The maximum Gasteiger partial charge on any atom is 0.124 e. The van der Waals surface area contributed by atoms with Crippen LogP contribution in [0.4, 0.5) is 0 Å². The number of unbranched alkanes of at least 4 members (excludes halogenated alkanes) is 1. The second-order valence-corrected chi connectivity index (χ2v) is 6.21. The third-order valence-electron chi connectivity index (χ3n) is 4.00. The van der Waals surface area contributed by atoms with E-state index >= 15 is 0 Å². The number of benzene rings is 1. The van der Waals surface area contributed by atoms with Crippen LogP contribution in [0.25, 0.3) is 0 Å². The van der Waals surface area contributed by atoms with Gasteiger partial charge >= 0.3 is 0 Å². The lowest BCUT2D eigenvalue weighted by Gasteiger charge is -2.29. The largest absolute Gasteiger partial charge is 0.493 e. The molecule has 0 aromatic heterocycles. The minimum Gasteiger partial charge on any atom is -0.493 e. The minimum atomic E-state index is -0.163. The fourth-order valence-electron chi connectivity index (χ4n) is 2.49. The lowest BCUT2D eigenvalue weighted by Crippen LogP contribution is -2.46. The average molecular weight is 293 g/mol. The average Bonchev–Trinajstić information content (AvgIpc) is 3.31. The van der Waals surface area contributed by atoms with Crippen molar-refractivity contribution in [1.82, 2.24) is 5.32 Å². The lowest BCUT2D eigenvalue weighted by molar-refractivity contribution is 0.158. The Morgan fingerprint density at radius 2 is 2.00 bits per heavy atom. The Balaban J connectivity index is 1.67. The van der Waals surface area contributed by atoms with Crippen LogP contribution < -0.4 is 10.1 Å². The first-order chi connectivity index (χ1) is 10.2. The number of ether oxygens (including phenoxy) is 1. The molecule has 0 amide bonds. The molecular formula is C17H27NO3. The second kappa shape index (κ2) is 7.78. The molecule has 1 atom stereocenters. The summed E-state index contributed by atoms with van der Waals surface area (Å²) < 4.78 is 5.73. The number of rotatable bonds is 10. The van der Waals surface area contributed by atoms with Gasteiger partial charge in [0.1, 0.15) is 5.75 Å². The number of aliphatic hydroxyl groups is 2. The highest BCUT2D eigenvalue weighted by atomic mass is 16.5. The number of aliphatic hydroxyl groups excluding tert-OH is 2. The summed E-state index contributed by atoms with van der Waals surface area (Å²) in [6.07, 6.45) is 5.37. The molecule has 0 spiro atoms. The molecule has 4 heteroatoms. The number of hydrogen-bond donors (Lipinski definition) is 3. The molecule has 1 aromatic rings. The van der Waals surface area contributed by atoms with Crippen LogP contribution >= 0.6 is 0 Å². The van der Waals surface area contributed by atoms with Gasteiger partial charge in [-0.1, -0.05) is 18.2 Å². The molecule has 1 saturated carbocycles. The molecule has 0 saturated heterocycles. The Morgan fingerprint density at radius 1 is 1.24 bits per heavy atom. The number of nitrogens with one attached hydrogen (secondary N) is 1. The zero-order valence-electron chi connectivity index (χ0n) is 12.8. The van der Waals surface area contributed by atoms with Crippen LogP contribution in [0.1, 0.15) is 44.6 Å². The van der Waals surface area contributed by atoms with Crippen molar-refractivity contribution in [1.29, 1.82) is 0 Å².